The van der Waals surface area contributed by atoms with E-state index in [1.165, 1.54) is 11.3 Å². The Morgan fingerprint density at radius 1 is 1.50 bits per heavy atom. The Labute approximate surface area is 121 Å². The fourth-order valence-electron chi connectivity index (χ4n) is 1.79. The molecule has 2 heterocycles. The third-order valence-electron chi connectivity index (χ3n) is 3.03. The average molecular weight is 313 g/mol. The van der Waals surface area contributed by atoms with Crippen molar-refractivity contribution in [1.82, 2.24) is 14.9 Å². The van der Waals surface area contributed by atoms with Crippen LogP contribution in [-0.4, -0.2) is 25.1 Å². The molecule has 1 aliphatic carbocycles. The van der Waals surface area contributed by atoms with Crippen LogP contribution < -0.4 is 4.72 Å². The number of aromatic nitrogens is 2. The van der Waals surface area contributed by atoms with Crippen LogP contribution in [0, 0.1) is 6.92 Å². The number of hydrogen-bond acceptors (Lipinski definition) is 6. The van der Waals surface area contributed by atoms with E-state index < -0.39 is 10.0 Å². The van der Waals surface area contributed by atoms with Gasteiger partial charge < -0.3 is 4.52 Å². The first kappa shape index (κ1) is 13.7. The Morgan fingerprint density at radius 2 is 2.30 bits per heavy atom. The number of aryl methyl sites for hydroxylation is 1. The quantitative estimate of drug-likeness (QED) is 0.879. The van der Waals surface area contributed by atoms with Crippen LogP contribution in [0.15, 0.2) is 20.2 Å². The maximum Gasteiger partial charge on any atom is 0.250 e. The van der Waals surface area contributed by atoms with Crippen LogP contribution in [0.2, 0.25) is 0 Å². The van der Waals surface area contributed by atoms with Gasteiger partial charge in [-0.25, -0.2) is 13.1 Å². The van der Waals surface area contributed by atoms with E-state index in [1.54, 1.807) is 6.07 Å². The van der Waals surface area contributed by atoms with Crippen LogP contribution in [0.4, 0.5) is 0 Å². The van der Waals surface area contributed by atoms with Crippen molar-refractivity contribution in [3.05, 3.63) is 28.7 Å². The molecule has 0 aromatic carbocycles. The minimum absolute atomic E-state index is 0.256. The van der Waals surface area contributed by atoms with Gasteiger partial charge in [0.1, 0.15) is 4.21 Å². The van der Waals surface area contributed by atoms with Crippen LogP contribution in [-0.2, 0) is 16.4 Å². The lowest BCUT2D eigenvalue weighted by molar-refractivity contribution is 0.373. The maximum atomic E-state index is 12.0. The van der Waals surface area contributed by atoms with Crippen molar-refractivity contribution in [2.75, 3.05) is 6.54 Å². The van der Waals surface area contributed by atoms with E-state index in [1.807, 2.05) is 12.3 Å². The van der Waals surface area contributed by atoms with Crippen molar-refractivity contribution in [1.29, 1.82) is 0 Å². The van der Waals surface area contributed by atoms with Crippen molar-refractivity contribution in [2.45, 2.75) is 36.3 Å². The summed E-state index contributed by atoms with van der Waals surface area (Å²) in [4.78, 5) is 4.26. The molecule has 1 aliphatic rings. The maximum absolute atomic E-state index is 12.0. The van der Waals surface area contributed by atoms with Crippen molar-refractivity contribution in [2.24, 2.45) is 0 Å². The Kier molecular flexibility index (Phi) is 3.61. The first-order chi connectivity index (χ1) is 9.54. The predicted octanol–water partition coefficient (Wildman–Crippen LogP) is 1.84. The Balaban J connectivity index is 1.56. The summed E-state index contributed by atoms with van der Waals surface area (Å²) in [5.74, 6) is 1.67. The third-order valence-corrected chi connectivity index (χ3v) is 6.05. The smallest absolute Gasteiger partial charge is 0.250 e. The summed E-state index contributed by atoms with van der Waals surface area (Å²) >= 11 is 1.22. The first-order valence-electron chi connectivity index (χ1n) is 6.42. The summed E-state index contributed by atoms with van der Waals surface area (Å²) in [6, 6.07) is 1.66. The van der Waals surface area contributed by atoms with Gasteiger partial charge in [-0.3, -0.25) is 0 Å². The molecular formula is C12H15N3O3S2. The molecule has 0 bridgehead atoms. The second kappa shape index (κ2) is 5.27. The van der Waals surface area contributed by atoms with Gasteiger partial charge >= 0.3 is 0 Å². The summed E-state index contributed by atoms with van der Waals surface area (Å²) in [6.07, 6.45) is 2.63. The summed E-state index contributed by atoms with van der Waals surface area (Å²) in [5, 5.41) is 5.71. The minimum Gasteiger partial charge on any atom is -0.339 e. The molecule has 0 amide bonds. The van der Waals surface area contributed by atoms with Gasteiger partial charge in [0.05, 0.1) is 0 Å². The van der Waals surface area contributed by atoms with Gasteiger partial charge in [0, 0.05) is 18.9 Å². The molecular weight excluding hydrogens is 298 g/mol. The third kappa shape index (κ3) is 3.08. The summed E-state index contributed by atoms with van der Waals surface area (Å²) < 4.78 is 32.0. The fourth-order valence-corrected chi connectivity index (χ4v) is 4.09. The number of sulfonamides is 1. The summed E-state index contributed by atoms with van der Waals surface area (Å²) in [5.41, 5.74) is 0.946. The van der Waals surface area contributed by atoms with Gasteiger partial charge in [-0.2, -0.15) is 4.98 Å². The SMILES string of the molecule is Cc1csc(S(=O)(=O)NCCc2nc(C3CC3)no2)c1. The number of hydrogen-bond donors (Lipinski definition) is 1. The van der Waals surface area contributed by atoms with Crippen molar-refractivity contribution in [3.8, 4) is 0 Å². The molecule has 2 aromatic rings. The van der Waals surface area contributed by atoms with E-state index >= 15 is 0 Å². The predicted molar refractivity (Wildman–Crippen MR) is 74.2 cm³/mol. The molecule has 0 atom stereocenters. The lowest BCUT2D eigenvalue weighted by Gasteiger charge is -2.02. The highest BCUT2D eigenvalue weighted by molar-refractivity contribution is 7.91. The zero-order valence-corrected chi connectivity index (χ0v) is 12.6. The Hall–Kier alpha value is -1.25. The van der Waals surface area contributed by atoms with Crippen LogP contribution in [0.25, 0.3) is 0 Å². The molecule has 3 rings (SSSR count). The van der Waals surface area contributed by atoms with Crippen LogP contribution >= 0.6 is 11.3 Å². The second-order valence-corrected chi connectivity index (χ2v) is 7.82. The zero-order chi connectivity index (χ0) is 14.2. The highest BCUT2D eigenvalue weighted by Crippen LogP contribution is 2.38. The van der Waals surface area contributed by atoms with Gasteiger partial charge in [0.25, 0.3) is 0 Å². The van der Waals surface area contributed by atoms with Crippen LogP contribution in [0.3, 0.4) is 0 Å². The Morgan fingerprint density at radius 3 is 2.95 bits per heavy atom. The molecule has 8 heteroatoms. The minimum atomic E-state index is -3.43. The standard InChI is InChI=1S/C12H15N3O3S2/c1-8-6-11(19-7-8)20(16,17)13-5-4-10-14-12(15-18-10)9-2-3-9/h6-7,9,13H,2-5H2,1H3. The normalized spacial score (nSPS) is 15.7. The number of nitrogens with zero attached hydrogens (tertiary/aromatic N) is 2. The number of rotatable bonds is 6. The molecule has 0 aliphatic heterocycles. The molecule has 0 saturated heterocycles. The van der Waals surface area contributed by atoms with Crippen molar-refractivity contribution < 1.29 is 12.9 Å². The highest BCUT2D eigenvalue weighted by atomic mass is 32.2. The van der Waals surface area contributed by atoms with E-state index in [-0.39, 0.29) is 6.54 Å². The second-order valence-electron chi connectivity index (χ2n) is 4.91. The molecule has 20 heavy (non-hydrogen) atoms. The summed E-state index contributed by atoms with van der Waals surface area (Å²) in [6.45, 7) is 2.12. The van der Waals surface area contributed by atoms with E-state index in [4.69, 9.17) is 4.52 Å². The molecule has 6 nitrogen and oxygen atoms in total. The van der Waals surface area contributed by atoms with E-state index in [9.17, 15) is 8.42 Å². The van der Waals surface area contributed by atoms with E-state index in [2.05, 4.69) is 14.9 Å². The topological polar surface area (TPSA) is 85.1 Å². The molecule has 0 unspecified atom stereocenters. The van der Waals surface area contributed by atoms with Gasteiger partial charge in [0.2, 0.25) is 15.9 Å². The zero-order valence-electron chi connectivity index (χ0n) is 11.0. The monoisotopic (exact) mass is 313 g/mol. The average Bonchev–Trinajstić information content (AvgIpc) is 2.97. The Bertz CT molecular complexity index is 701. The van der Waals surface area contributed by atoms with E-state index in [0.29, 0.717) is 22.4 Å². The van der Waals surface area contributed by atoms with Crippen LogP contribution in [0.5, 0.6) is 0 Å². The molecule has 1 N–H and O–H groups in total. The van der Waals surface area contributed by atoms with Gasteiger partial charge in [0.15, 0.2) is 5.82 Å². The van der Waals surface area contributed by atoms with Crippen molar-refractivity contribution in [3.63, 3.8) is 0 Å². The summed E-state index contributed by atoms with van der Waals surface area (Å²) in [7, 11) is -3.43. The molecule has 1 saturated carbocycles. The van der Waals surface area contributed by atoms with Crippen LogP contribution in [0.1, 0.15) is 36.0 Å². The molecule has 108 valence electrons. The lowest BCUT2D eigenvalue weighted by Crippen LogP contribution is -2.25. The largest absolute Gasteiger partial charge is 0.339 e. The molecule has 0 radical (unpaired) electrons. The molecule has 0 spiro atoms. The molecule has 1 fully saturated rings. The fraction of sp³-hybridized carbons (Fsp3) is 0.500. The number of thiophene rings is 1. The molecule has 2 aromatic heterocycles. The highest BCUT2D eigenvalue weighted by Gasteiger charge is 2.28. The van der Waals surface area contributed by atoms with Gasteiger partial charge in [-0.15, -0.1) is 11.3 Å². The number of nitrogens with one attached hydrogen (secondary N) is 1. The van der Waals surface area contributed by atoms with E-state index in [0.717, 1.165) is 24.2 Å². The van der Waals surface area contributed by atoms with Crippen molar-refractivity contribution >= 4 is 21.4 Å². The lowest BCUT2D eigenvalue weighted by atomic mass is 10.4. The van der Waals surface area contributed by atoms with Gasteiger partial charge in [-0.05, 0) is 36.8 Å². The first-order valence-corrected chi connectivity index (χ1v) is 8.78. The van der Waals surface area contributed by atoms with Gasteiger partial charge in [-0.1, -0.05) is 5.16 Å².